The van der Waals surface area contributed by atoms with Gasteiger partial charge in [-0.15, -0.1) is 0 Å². The number of anilines is 2. The summed E-state index contributed by atoms with van der Waals surface area (Å²) < 4.78 is 9.23. The van der Waals surface area contributed by atoms with Gasteiger partial charge in [0.2, 0.25) is 0 Å². The molecule has 6 heteroatoms. The molecule has 1 fully saturated rings. The highest BCUT2D eigenvalue weighted by Crippen LogP contribution is 2.22. The second kappa shape index (κ2) is 8.96. The largest absolute Gasteiger partial charge is 0.466 e. The number of rotatable bonds is 5. The maximum Gasteiger partial charge on any atom is 0.354 e. The van der Waals surface area contributed by atoms with Crippen LogP contribution in [0.1, 0.15) is 25.7 Å². The number of hydrogen-bond donors (Lipinski definition) is 1. The molecule has 0 saturated carbocycles. The minimum Gasteiger partial charge on any atom is -0.466 e. The zero-order chi connectivity index (χ0) is 17.4. The molecule has 0 spiro atoms. The summed E-state index contributed by atoms with van der Waals surface area (Å²) in [6.07, 6.45) is 6.09. The van der Waals surface area contributed by atoms with E-state index in [1.165, 1.54) is 45.6 Å². The topological polar surface area (TPSA) is 67.9 Å². The lowest BCUT2D eigenvalue weighted by Crippen LogP contribution is -2.23. The van der Waals surface area contributed by atoms with E-state index in [2.05, 4.69) is 19.7 Å². The molecule has 1 heterocycles. The van der Waals surface area contributed by atoms with Gasteiger partial charge in [-0.3, -0.25) is 0 Å². The van der Waals surface area contributed by atoms with Gasteiger partial charge >= 0.3 is 11.9 Å². The Labute approximate surface area is 142 Å². The smallest absolute Gasteiger partial charge is 0.354 e. The standard InChI is InChI=1S/C18H24N2O4/c1-23-17(21)13-16(18(22)24-2)19-14-7-9-15(10-8-14)20-11-5-3-4-6-12-20/h7-10,13,19H,3-6,11-12H2,1-2H3/b16-13+. The summed E-state index contributed by atoms with van der Waals surface area (Å²) in [5.41, 5.74) is 1.90. The maximum atomic E-state index is 11.8. The van der Waals surface area contributed by atoms with Gasteiger partial charge in [0.05, 0.1) is 20.3 Å². The number of nitrogens with zero attached hydrogens (tertiary/aromatic N) is 1. The van der Waals surface area contributed by atoms with Crippen molar-refractivity contribution in [3.63, 3.8) is 0 Å². The summed E-state index contributed by atoms with van der Waals surface area (Å²) in [4.78, 5) is 25.5. The van der Waals surface area contributed by atoms with E-state index in [9.17, 15) is 9.59 Å². The molecule has 1 aliphatic heterocycles. The van der Waals surface area contributed by atoms with Crippen LogP contribution in [0, 0.1) is 0 Å². The molecule has 1 N–H and O–H groups in total. The van der Waals surface area contributed by atoms with Gasteiger partial charge < -0.3 is 19.7 Å². The molecule has 0 bridgehead atoms. The summed E-state index contributed by atoms with van der Waals surface area (Å²) in [6, 6.07) is 7.80. The van der Waals surface area contributed by atoms with Crippen molar-refractivity contribution in [2.75, 3.05) is 37.5 Å². The summed E-state index contributed by atoms with van der Waals surface area (Å²) >= 11 is 0. The molecule has 0 radical (unpaired) electrons. The minimum absolute atomic E-state index is 0.0341. The molecule has 1 aromatic carbocycles. The zero-order valence-electron chi connectivity index (χ0n) is 14.2. The number of benzene rings is 1. The summed E-state index contributed by atoms with van der Waals surface area (Å²) in [5, 5.41) is 2.90. The highest BCUT2D eigenvalue weighted by molar-refractivity contribution is 5.98. The molecule has 0 atom stereocenters. The quantitative estimate of drug-likeness (QED) is 0.660. The van der Waals surface area contributed by atoms with Crippen LogP contribution in [-0.2, 0) is 19.1 Å². The molecule has 130 valence electrons. The molecule has 24 heavy (non-hydrogen) atoms. The van der Waals surface area contributed by atoms with Crippen LogP contribution >= 0.6 is 0 Å². The average Bonchev–Trinajstić information content (AvgIpc) is 2.90. The number of esters is 2. The van der Waals surface area contributed by atoms with Crippen molar-refractivity contribution in [2.24, 2.45) is 0 Å². The Morgan fingerprint density at radius 3 is 2.17 bits per heavy atom. The molecule has 1 aromatic rings. The minimum atomic E-state index is -0.628. The second-order valence-electron chi connectivity index (χ2n) is 5.65. The zero-order valence-corrected chi connectivity index (χ0v) is 14.2. The van der Waals surface area contributed by atoms with Gasteiger partial charge in [0, 0.05) is 24.5 Å². The first-order valence-electron chi connectivity index (χ1n) is 8.14. The summed E-state index contributed by atoms with van der Waals surface area (Å²) in [6.45, 7) is 2.14. The Bertz CT molecular complexity index is 588. The Morgan fingerprint density at radius 1 is 1.00 bits per heavy atom. The van der Waals surface area contributed by atoms with Crippen molar-refractivity contribution in [3.05, 3.63) is 36.0 Å². The van der Waals surface area contributed by atoms with Gasteiger partial charge in [-0.1, -0.05) is 12.8 Å². The van der Waals surface area contributed by atoms with Crippen LogP contribution in [0.15, 0.2) is 36.0 Å². The summed E-state index contributed by atoms with van der Waals surface area (Å²) in [5.74, 6) is -1.25. The fraction of sp³-hybridized carbons (Fsp3) is 0.444. The number of nitrogens with one attached hydrogen (secondary N) is 1. The van der Waals surface area contributed by atoms with Crippen LogP contribution in [0.5, 0.6) is 0 Å². The van der Waals surface area contributed by atoms with E-state index >= 15 is 0 Å². The third kappa shape index (κ3) is 5.01. The Hall–Kier alpha value is -2.50. The fourth-order valence-electron chi connectivity index (χ4n) is 2.67. The molecule has 2 rings (SSSR count). The normalized spacial score (nSPS) is 15.4. The monoisotopic (exact) mass is 332 g/mol. The lowest BCUT2D eigenvalue weighted by atomic mass is 10.2. The van der Waals surface area contributed by atoms with Crippen molar-refractivity contribution in [2.45, 2.75) is 25.7 Å². The van der Waals surface area contributed by atoms with Gasteiger partial charge in [0.15, 0.2) is 0 Å². The number of carbonyl (C=O) groups is 2. The van der Waals surface area contributed by atoms with Crippen LogP contribution in [0.25, 0.3) is 0 Å². The van der Waals surface area contributed by atoms with Crippen molar-refractivity contribution in [3.8, 4) is 0 Å². The molecular weight excluding hydrogens is 308 g/mol. The summed E-state index contributed by atoms with van der Waals surface area (Å²) in [7, 11) is 2.52. The highest BCUT2D eigenvalue weighted by atomic mass is 16.5. The molecule has 0 unspecified atom stereocenters. The highest BCUT2D eigenvalue weighted by Gasteiger charge is 2.14. The molecule has 0 aromatic heterocycles. The van der Waals surface area contributed by atoms with Crippen molar-refractivity contribution >= 4 is 23.3 Å². The van der Waals surface area contributed by atoms with Crippen molar-refractivity contribution in [1.29, 1.82) is 0 Å². The van der Waals surface area contributed by atoms with E-state index in [0.29, 0.717) is 5.69 Å². The van der Waals surface area contributed by atoms with Crippen LogP contribution in [0.2, 0.25) is 0 Å². The number of carbonyl (C=O) groups excluding carboxylic acids is 2. The third-order valence-corrected chi connectivity index (χ3v) is 3.99. The Kier molecular flexibility index (Phi) is 6.66. The van der Waals surface area contributed by atoms with E-state index < -0.39 is 11.9 Å². The molecule has 0 aliphatic carbocycles. The lowest BCUT2D eigenvalue weighted by molar-refractivity contribution is -0.138. The third-order valence-electron chi connectivity index (χ3n) is 3.99. The van der Waals surface area contributed by atoms with E-state index in [-0.39, 0.29) is 5.70 Å². The first-order chi connectivity index (χ1) is 11.6. The number of hydrogen-bond acceptors (Lipinski definition) is 6. The predicted octanol–water partition coefficient (Wildman–Crippen LogP) is 2.71. The second-order valence-corrected chi connectivity index (χ2v) is 5.65. The van der Waals surface area contributed by atoms with Crippen LogP contribution < -0.4 is 10.2 Å². The predicted molar refractivity (Wildman–Crippen MR) is 92.9 cm³/mol. The number of methoxy groups -OCH3 is 2. The van der Waals surface area contributed by atoms with Gasteiger partial charge in [0.25, 0.3) is 0 Å². The molecular formula is C18H24N2O4. The first-order valence-corrected chi connectivity index (χ1v) is 8.14. The van der Waals surface area contributed by atoms with Gasteiger partial charge in [-0.05, 0) is 37.1 Å². The van der Waals surface area contributed by atoms with Crippen LogP contribution in [-0.4, -0.2) is 39.2 Å². The SMILES string of the molecule is COC(=O)/C=C(/Nc1ccc(N2CCCCCC2)cc1)C(=O)OC. The van der Waals surface area contributed by atoms with Crippen LogP contribution in [0.3, 0.4) is 0 Å². The Balaban J connectivity index is 2.09. The molecule has 1 saturated heterocycles. The van der Waals surface area contributed by atoms with Crippen molar-refractivity contribution < 1.29 is 19.1 Å². The maximum absolute atomic E-state index is 11.8. The van der Waals surface area contributed by atoms with Gasteiger partial charge in [-0.25, -0.2) is 9.59 Å². The number of ether oxygens (including phenoxy) is 2. The van der Waals surface area contributed by atoms with Gasteiger partial charge in [0.1, 0.15) is 5.70 Å². The molecule has 0 amide bonds. The Morgan fingerprint density at radius 2 is 1.62 bits per heavy atom. The molecule has 6 nitrogen and oxygen atoms in total. The van der Waals surface area contributed by atoms with E-state index in [1.54, 1.807) is 0 Å². The molecule has 1 aliphatic rings. The first kappa shape index (κ1) is 17.8. The van der Waals surface area contributed by atoms with E-state index in [1.807, 2.05) is 24.3 Å². The van der Waals surface area contributed by atoms with Gasteiger partial charge in [-0.2, -0.15) is 0 Å². The fourth-order valence-corrected chi connectivity index (χ4v) is 2.67. The van der Waals surface area contributed by atoms with Crippen LogP contribution in [0.4, 0.5) is 11.4 Å². The van der Waals surface area contributed by atoms with E-state index in [0.717, 1.165) is 19.2 Å². The lowest BCUT2D eigenvalue weighted by Gasteiger charge is -2.23. The van der Waals surface area contributed by atoms with E-state index in [4.69, 9.17) is 0 Å². The van der Waals surface area contributed by atoms with Crippen molar-refractivity contribution in [1.82, 2.24) is 0 Å². The average molecular weight is 332 g/mol.